The number of esters is 1. The Kier molecular flexibility index (Phi) is 6.76. The molecule has 3 rings (SSSR count). The molecule has 0 aliphatic heterocycles. The molecule has 0 saturated heterocycles. The van der Waals surface area contributed by atoms with Crippen LogP contribution in [-0.4, -0.2) is 39.6 Å². The van der Waals surface area contributed by atoms with Crippen LogP contribution in [-0.2, 0) is 27.2 Å². The van der Waals surface area contributed by atoms with E-state index in [1.54, 1.807) is 16.6 Å². The summed E-state index contributed by atoms with van der Waals surface area (Å²) in [5.41, 5.74) is 5.32. The van der Waals surface area contributed by atoms with Crippen LogP contribution in [0.2, 0.25) is 0 Å². The number of nitrogens with zero attached hydrogens (tertiary/aromatic N) is 3. The summed E-state index contributed by atoms with van der Waals surface area (Å²) in [5, 5.41) is 7.11. The van der Waals surface area contributed by atoms with Crippen molar-refractivity contribution in [2.24, 2.45) is 0 Å². The van der Waals surface area contributed by atoms with Gasteiger partial charge in [0.2, 0.25) is 0 Å². The first-order valence-corrected chi connectivity index (χ1v) is 9.82. The van der Waals surface area contributed by atoms with E-state index in [9.17, 15) is 14.0 Å². The normalized spacial score (nSPS) is 10.9. The van der Waals surface area contributed by atoms with Crippen molar-refractivity contribution in [1.82, 2.24) is 19.9 Å². The largest absolute Gasteiger partial charge is 0.456 e. The molecule has 0 fully saturated rings. The van der Waals surface area contributed by atoms with Crippen LogP contribution in [0.3, 0.4) is 0 Å². The summed E-state index contributed by atoms with van der Waals surface area (Å²) in [6.45, 7) is 5.82. The number of carbonyl (C=O) groups excluding carboxylic acids is 2. The molecule has 2 aromatic heterocycles. The van der Waals surface area contributed by atoms with Gasteiger partial charge in [-0.2, -0.15) is 5.10 Å². The number of nitrogens with one attached hydrogen (secondary N) is 1. The molecule has 2 heterocycles. The molecule has 0 saturated carbocycles. The van der Waals surface area contributed by atoms with Gasteiger partial charge in [-0.3, -0.25) is 9.59 Å². The fourth-order valence-electron chi connectivity index (χ4n) is 3.30. The number of benzene rings is 1. The Bertz CT molecular complexity index is 1060. The molecule has 0 unspecified atom stereocenters. The van der Waals surface area contributed by atoms with Crippen LogP contribution in [0.4, 0.5) is 4.39 Å². The summed E-state index contributed by atoms with van der Waals surface area (Å²) in [6.07, 6.45) is 1.18. The first-order chi connectivity index (χ1) is 14.3. The maximum Gasteiger partial charge on any atom is 0.306 e. The smallest absolute Gasteiger partial charge is 0.306 e. The SMILES string of the molecule is Cc1cc2nc(C)c(CCC(=O)OCC(=O)NCCc3ccc(F)cc3)c(C)n2n1. The lowest BCUT2D eigenvalue weighted by Gasteiger charge is -2.11. The van der Waals surface area contributed by atoms with E-state index in [-0.39, 0.29) is 24.8 Å². The van der Waals surface area contributed by atoms with Crippen molar-refractivity contribution in [3.63, 3.8) is 0 Å². The summed E-state index contributed by atoms with van der Waals surface area (Å²) in [7, 11) is 0. The minimum atomic E-state index is -0.445. The Labute approximate surface area is 174 Å². The van der Waals surface area contributed by atoms with E-state index in [0.717, 1.165) is 33.9 Å². The summed E-state index contributed by atoms with van der Waals surface area (Å²) in [6, 6.07) is 8.00. The van der Waals surface area contributed by atoms with Gasteiger partial charge < -0.3 is 10.1 Å². The third-order valence-electron chi connectivity index (χ3n) is 4.88. The number of halogens is 1. The highest BCUT2D eigenvalue weighted by Crippen LogP contribution is 2.17. The van der Waals surface area contributed by atoms with Gasteiger partial charge in [-0.25, -0.2) is 13.9 Å². The molecule has 0 atom stereocenters. The van der Waals surface area contributed by atoms with E-state index in [1.807, 2.05) is 26.8 Å². The molecule has 1 amide bonds. The Morgan fingerprint density at radius 2 is 1.87 bits per heavy atom. The van der Waals surface area contributed by atoms with Crippen LogP contribution in [0, 0.1) is 26.6 Å². The average Bonchev–Trinajstić information content (AvgIpc) is 3.08. The molecule has 1 aromatic carbocycles. The minimum absolute atomic E-state index is 0.151. The lowest BCUT2D eigenvalue weighted by Crippen LogP contribution is -2.30. The molecule has 0 radical (unpaired) electrons. The molecule has 0 spiro atoms. The predicted molar refractivity (Wildman–Crippen MR) is 110 cm³/mol. The lowest BCUT2D eigenvalue weighted by atomic mass is 10.1. The average molecular weight is 412 g/mol. The number of rotatable bonds is 8. The van der Waals surface area contributed by atoms with Crippen molar-refractivity contribution < 1.29 is 18.7 Å². The summed E-state index contributed by atoms with van der Waals surface area (Å²) in [4.78, 5) is 28.4. The highest BCUT2D eigenvalue weighted by Gasteiger charge is 2.14. The van der Waals surface area contributed by atoms with Crippen LogP contribution in [0.25, 0.3) is 5.65 Å². The molecule has 7 nitrogen and oxygen atoms in total. The fraction of sp³-hybridized carbons (Fsp3) is 0.364. The van der Waals surface area contributed by atoms with E-state index < -0.39 is 5.97 Å². The zero-order valence-electron chi connectivity index (χ0n) is 17.4. The van der Waals surface area contributed by atoms with Crippen LogP contribution in [0.1, 0.15) is 34.6 Å². The third kappa shape index (κ3) is 5.40. The molecular formula is C22H25FN4O3. The Hall–Kier alpha value is -3.29. The third-order valence-corrected chi connectivity index (χ3v) is 4.88. The van der Waals surface area contributed by atoms with Gasteiger partial charge in [0, 0.05) is 30.4 Å². The fourth-order valence-corrected chi connectivity index (χ4v) is 3.30. The second-order valence-corrected chi connectivity index (χ2v) is 7.20. The zero-order chi connectivity index (χ0) is 21.7. The Balaban J connectivity index is 1.43. The van der Waals surface area contributed by atoms with Crippen molar-refractivity contribution in [2.75, 3.05) is 13.2 Å². The summed E-state index contributed by atoms with van der Waals surface area (Å²) in [5.74, 6) is -1.11. The first kappa shape index (κ1) is 21.4. The maximum atomic E-state index is 12.9. The number of carbonyl (C=O) groups is 2. The Morgan fingerprint density at radius 3 is 2.60 bits per heavy atom. The molecule has 0 aliphatic rings. The maximum absolute atomic E-state index is 12.9. The second kappa shape index (κ2) is 9.47. The molecule has 0 bridgehead atoms. The topological polar surface area (TPSA) is 85.6 Å². The number of aromatic nitrogens is 3. The highest BCUT2D eigenvalue weighted by molar-refractivity contribution is 5.80. The van der Waals surface area contributed by atoms with Gasteiger partial charge >= 0.3 is 5.97 Å². The van der Waals surface area contributed by atoms with Crippen molar-refractivity contribution in [3.8, 4) is 0 Å². The van der Waals surface area contributed by atoms with E-state index >= 15 is 0 Å². The second-order valence-electron chi connectivity index (χ2n) is 7.20. The number of amides is 1. The van der Waals surface area contributed by atoms with Gasteiger partial charge in [0.25, 0.3) is 5.91 Å². The molecule has 1 N–H and O–H groups in total. The van der Waals surface area contributed by atoms with Crippen LogP contribution in [0.5, 0.6) is 0 Å². The predicted octanol–water partition coefficient (Wildman–Crippen LogP) is 2.63. The van der Waals surface area contributed by atoms with E-state index in [2.05, 4.69) is 15.4 Å². The van der Waals surface area contributed by atoms with Crippen molar-refractivity contribution in [3.05, 3.63) is 64.4 Å². The monoisotopic (exact) mass is 412 g/mol. The van der Waals surface area contributed by atoms with Crippen LogP contribution < -0.4 is 5.32 Å². The lowest BCUT2D eigenvalue weighted by molar-refractivity contribution is -0.148. The van der Waals surface area contributed by atoms with Crippen LogP contribution in [0.15, 0.2) is 30.3 Å². The standard InChI is InChI=1S/C22H25FN4O3/c1-14-12-20-25-15(2)19(16(3)27(20)26-14)8-9-22(29)30-13-21(28)24-11-10-17-4-6-18(23)7-5-17/h4-7,12H,8-11,13H2,1-3H3,(H,24,28). The number of hydrogen-bond donors (Lipinski definition) is 1. The molecule has 158 valence electrons. The van der Waals surface area contributed by atoms with Gasteiger partial charge in [-0.05, 0) is 56.9 Å². The van der Waals surface area contributed by atoms with E-state index in [4.69, 9.17) is 4.74 Å². The van der Waals surface area contributed by atoms with Gasteiger partial charge in [-0.15, -0.1) is 0 Å². The van der Waals surface area contributed by atoms with Crippen molar-refractivity contribution >= 4 is 17.5 Å². The van der Waals surface area contributed by atoms with Gasteiger partial charge in [0.05, 0.1) is 5.69 Å². The summed E-state index contributed by atoms with van der Waals surface area (Å²) >= 11 is 0. The molecule has 3 aromatic rings. The number of aryl methyl sites for hydroxylation is 3. The highest BCUT2D eigenvalue weighted by atomic mass is 19.1. The minimum Gasteiger partial charge on any atom is -0.456 e. The van der Waals surface area contributed by atoms with Crippen molar-refractivity contribution in [2.45, 2.75) is 40.0 Å². The number of fused-ring (bicyclic) bond motifs is 1. The van der Waals surface area contributed by atoms with Gasteiger partial charge in [0.1, 0.15) is 5.82 Å². The molecule has 8 heteroatoms. The number of ether oxygens (including phenoxy) is 1. The first-order valence-electron chi connectivity index (χ1n) is 9.82. The van der Waals surface area contributed by atoms with Gasteiger partial charge in [-0.1, -0.05) is 12.1 Å². The quantitative estimate of drug-likeness (QED) is 0.575. The molecule has 0 aliphatic carbocycles. The van der Waals surface area contributed by atoms with E-state index in [1.165, 1.54) is 12.1 Å². The zero-order valence-corrected chi connectivity index (χ0v) is 17.4. The molecule has 30 heavy (non-hydrogen) atoms. The van der Waals surface area contributed by atoms with Gasteiger partial charge in [0.15, 0.2) is 12.3 Å². The van der Waals surface area contributed by atoms with Crippen molar-refractivity contribution in [1.29, 1.82) is 0 Å². The Morgan fingerprint density at radius 1 is 1.13 bits per heavy atom. The summed E-state index contributed by atoms with van der Waals surface area (Å²) < 4.78 is 19.7. The molecular weight excluding hydrogens is 387 g/mol. The van der Waals surface area contributed by atoms with Crippen LogP contribution >= 0.6 is 0 Å². The van der Waals surface area contributed by atoms with E-state index in [0.29, 0.717) is 19.4 Å². The number of hydrogen-bond acceptors (Lipinski definition) is 5.